The van der Waals surface area contributed by atoms with Gasteiger partial charge >= 0.3 is 0 Å². The molecule has 0 amide bonds. The Kier molecular flexibility index (Phi) is 1.32. The van der Waals surface area contributed by atoms with Crippen LogP contribution in [0.1, 0.15) is 5.82 Å². The number of rotatable bonds is 0. The first-order valence-corrected chi connectivity index (χ1v) is 3.62. The highest BCUT2D eigenvalue weighted by atomic mass is 35.5. The van der Waals surface area contributed by atoms with Gasteiger partial charge in [0.25, 0.3) is 0 Å². The van der Waals surface area contributed by atoms with Crippen LogP contribution in [0.5, 0.6) is 0 Å². The average Bonchev–Trinajstić information content (AvgIpc) is 2.35. The van der Waals surface area contributed by atoms with Crippen LogP contribution in [0.25, 0.3) is 5.65 Å². The first-order chi connectivity index (χ1) is 5.29. The van der Waals surface area contributed by atoms with Crippen LogP contribution in [0.4, 0.5) is 0 Å². The highest BCUT2D eigenvalue weighted by Crippen LogP contribution is 2.14. The molecule has 2 heterocycles. The molecule has 2 aromatic rings. The normalized spacial score (nSPS) is 10.7. The lowest BCUT2D eigenvalue weighted by Gasteiger charge is -1.93. The zero-order valence-electron chi connectivity index (χ0n) is 5.95. The molecule has 56 valence electrons. The number of fused-ring (bicyclic) bond motifs is 1. The number of pyridine rings is 1. The molecule has 0 saturated heterocycles. The molecular formula is C7H6ClN3. The van der Waals surface area contributed by atoms with Crippen molar-refractivity contribution in [3.05, 3.63) is 29.2 Å². The fourth-order valence-corrected chi connectivity index (χ4v) is 1.20. The molecule has 0 N–H and O–H groups in total. The van der Waals surface area contributed by atoms with Crippen molar-refractivity contribution in [2.75, 3.05) is 0 Å². The Balaban J connectivity index is 2.94. The van der Waals surface area contributed by atoms with Crippen LogP contribution < -0.4 is 0 Å². The molecule has 2 rings (SSSR count). The Morgan fingerprint density at radius 3 is 3.00 bits per heavy atom. The summed E-state index contributed by atoms with van der Waals surface area (Å²) in [7, 11) is 0. The summed E-state index contributed by atoms with van der Waals surface area (Å²) in [6.45, 7) is 1.89. The summed E-state index contributed by atoms with van der Waals surface area (Å²) in [5.41, 5.74) is 0.715. The van der Waals surface area contributed by atoms with Crippen molar-refractivity contribution in [2.24, 2.45) is 0 Å². The lowest BCUT2D eigenvalue weighted by molar-refractivity contribution is 1.01. The van der Waals surface area contributed by atoms with Gasteiger partial charge in [0.1, 0.15) is 5.82 Å². The summed E-state index contributed by atoms with van der Waals surface area (Å²) in [6.07, 6.45) is 1.89. The molecule has 3 nitrogen and oxygen atoms in total. The maximum absolute atomic E-state index is 5.85. The second-order valence-electron chi connectivity index (χ2n) is 2.30. The van der Waals surface area contributed by atoms with Gasteiger partial charge in [-0.15, -0.1) is 10.2 Å². The predicted octanol–water partition coefficient (Wildman–Crippen LogP) is 1.69. The second-order valence-corrected chi connectivity index (χ2v) is 2.70. The van der Waals surface area contributed by atoms with E-state index in [1.165, 1.54) is 0 Å². The van der Waals surface area contributed by atoms with Gasteiger partial charge in [0.15, 0.2) is 5.65 Å². The van der Waals surface area contributed by atoms with Crippen LogP contribution in [-0.4, -0.2) is 14.6 Å². The van der Waals surface area contributed by atoms with E-state index in [4.69, 9.17) is 11.6 Å². The molecule has 0 atom stereocenters. The Labute approximate surface area is 68.6 Å². The van der Waals surface area contributed by atoms with Crippen molar-refractivity contribution < 1.29 is 0 Å². The number of hydrogen-bond donors (Lipinski definition) is 0. The Morgan fingerprint density at radius 1 is 1.45 bits per heavy atom. The van der Waals surface area contributed by atoms with E-state index in [0.717, 1.165) is 5.82 Å². The molecule has 11 heavy (non-hydrogen) atoms. The van der Waals surface area contributed by atoms with E-state index in [0.29, 0.717) is 10.7 Å². The van der Waals surface area contributed by atoms with Gasteiger partial charge in [-0.1, -0.05) is 11.6 Å². The molecule has 0 fully saturated rings. The second kappa shape index (κ2) is 2.20. The fraction of sp³-hybridized carbons (Fsp3) is 0.143. The van der Waals surface area contributed by atoms with Gasteiger partial charge in [-0.05, 0) is 19.1 Å². The van der Waals surface area contributed by atoms with Gasteiger partial charge in [-0.25, -0.2) is 0 Å². The molecule has 0 radical (unpaired) electrons. The van der Waals surface area contributed by atoms with Gasteiger partial charge in [0.05, 0.1) is 5.02 Å². The number of aryl methyl sites for hydroxylation is 1. The zero-order valence-corrected chi connectivity index (χ0v) is 6.71. The number of aromatic nitrogens is 3. The fourth-order valence-electron chi connectivity index (χ4n) is 0.999. The van der Waals surface area contributed by atoms with Gasteiger partial charge in [-0.3, -0.25) is 4.40 Å². The van der Waals surface area contributed by atoms with Crippen LogP contribution in [0.15, 0.2) is 18.3 Å². The minimum atomic E-state index is 0.633. The van der Waals surface area contributed by atoms with Crippen LogP contribution in [0.3, 0.4) is 0 Å². The standard InChI is InChI=1S/C7H6ClN3/c1-5-9-10-7-6(8)3-2-4-11(5)7/h2-4H,1H3. The van der Waals surface area contributed by atoms with Crippen molar-refractivity contribution in [2.45, 2.75) is 6.92 Å². The topological polar surface area (TPSA) is 30.2 Å². The molecule has 0 aliphatic heterocycles. The molecule has 0 spiro atoms. The summed E-state index contributed by atoms with van der Waals surface area (Å²) in [5.74, 6) is 0.850. The van der Waals surface area contributed by atoms with Crippen LogP contribution in [-0.2, 0) is 0 Å². The van der Waals surface area contributed by atoms with Gasteiger partial charge in [0, 0.05) is 6.20 Å². The van der Waals surface area contributed by atoms with Crippen LogP contribution >= 0.6 is 11.6 Å². The first-order valence-electron chi connectivity index (χ1n) is 3.25. The molecule has 0 bridgehead atoms. The summed E-state index contributed by atoms with van der Waals surface area (Å²) < 4.78 is 1.85. The monoisotopic (exact) mass is 167 g/mol. The largest absolute Gasteiger partial charge is 0.285 e. The minimum absolute atomic E-state index is 0.633. The molecule has 2 aromatic heterocycles. The Bertz CT molecular complexity index is 393. The highest BCUT2D eigenvalue weighted by molar-refractivity contribution is 6.33. The molecule has 0 aromatic carbocycles. The minimum Gasteiger partial charge on any atom is -0.285 e. The number of hydrogen-bond acceptors (Lipinski definition) is 2. The predicted molar refractivity (Wildman–Crippen MR) is 42.7 cm³/mol. The van der Waals surface area contributed by atoms with Crippen molar-refractivity contribution in [1.29, 1.82) is 0 Å². The molecular weight excluding hydrogens is 162 g/mol. The van der Waals surface area contributed by atoms with E-state index in [2.05, 4.69) is 10.2 Å². The van der Waals surface area contributed by atoms with Gasteiger partial charge in [0.2, 0.25) is 0 Å². The molecule has 0 aliphatic rings. The maximum atomic E-state index is 5.85. The summed E-state index contributed by atoms with van der Waals surface area (Å²) in [4.78, 5) is 0. The lowest BCUT2D eigenvalue weighted by atomic mass is 10.5. The quantitative estimate of drug-likeness (QED) is 0.598. The number of nitrogens with zero attached hydrogens (tertiary/aromatic N) is 3. The van der Waals surface area contributed by atoms with E-state index in [1.54, 1.807) is 6.07 Å². The molecule has 0 aliphatic carbocycles. The van der Waals surface area contributed by atoms with Crippen molar-refractivity contribution in [1.82, 2.24) is 14.6 Å². The third kappa shape index (κ3) is 0.886. The average molecular weight is 168 g/mol. The SMILES string of the molecule is Cc1nnc2c(Cl)cccn12. The highest BCUT2D eigenvalue weighted by Gasteiger charge is 2.01. The molecule has 0 unspecified atom stereocenters. The Morgan fingerprint density at radius 2 is 2.27 bits per heavy atom. The third-order valence-corrected chi connectivity index (χ3v) is 1.85. The van der Waals surface area contributed by atoms with Crippen molar-refractivity contribution in [3.63, 3.8) is 0 Å². The van der Waals surface area contributed by atoms with Crippen LogP contribution in [0, 0.1) is 6.92 Å². The van der Waals surface area contributed by atoms with E-state index in [9.17, 15) is 0 Å². The van der Waals surface area contributed by atoms with E-state index < -0.39 is 0 Å². The summed E-state index contributed by atoms with van der Waals surface area (Å²) in [6, 6.07) is 3.66. The maximum Gasteiger partial charge on any atom is 0.179 e. The summed E-state index contributed by atoms with van der Waals surface area (Å²) in [5, 5.41) is 8.42. The van der Waals surface area contributed by atoms with Gasteiger partial charge < -0.3 is 0 Å². The Hall–Kier alpha value is -1.09. The van der Waals surface area contributed by atoms with E-state index in [-0.39, 0.29) is 0 Å². The number of halogens is 1. The zero-order chi connectivity index (χ0) is 7.84. The van der Waals surface area contributed by atoms with E-state index in [1.807, 2.05) is 23.6 Å². The summed E-state index contributed by atoms with van der Waals surface area (Å²) >= 11 is 5.85. The lowest BCUT2D eigenvalue weighted by Crippen LogP contribution is -1.86. The van der Waals surface area contributed by atoms with E-state index >= 15 is 0 Å². The van der Waals surface area contributed by atoms with Crippen molar-refractivity contribution in [3.8, 4) is 0 Å². The first kappa shape index (κ1) is 6.61. The molecule has 0 saturated carbocycles. The van der Waals surface area contributed by atoms with Gasteiger partial charge in [-0.2, -0.15) is 0 Å². The molecule has 4 heteroatoms. The van der Waals surface area contributed by atoms with Crippen molar-refractivity contribution >= 4 is 17.2 Å². The van der Waals surface area contributed by atoms with Crippen LogP contribution in [0.2, 0.25) is 5.02 Å². The smallest absolute Gasteiger partial charge is 0.179 e. The third-order valence-electron chi connectivity index (χ3n) is 1.56.